The van der Waals surface area contributed by atoms with Gasteiger partial charge in [-0.1, -0.05) is 30.0 Å². The molecule has 6 nitrogen and oxygen atoms in total. The number of amides is 1. The summed E-state index contributed by atoms with van der Waals surface area (Å²) in [5.74, 6) is 1.42. The molecule has 0 radical (unpaired) electrons. The molecule has 3 rings (SSSR count). The summed E-state index contributed by atoms with van der Waals surface area (Å²) < 4.78 is 7.28. The van der Waals surface area contributed by atoms with Gasteiger partial charge in [0.15, 0.2) is 11.0 Å². The molecule has 2 aromatic heterocycles. The zero-order valence-electron chi connectivity index (χ0n) is 14.8. The number of thiophene rings is 1. The molecule has 1 atom stereocenters. The van der Waals surface area contributed by atoms with E-state index in [1.807, 2.05) is 60.3 Å². The summed E-state index contributed by atoms with van der Waals surface area (Å²) in [4.78, 5) is 13.5. The molecule has 0 aliphatic heterocycles. The van der Waals surface area contributed by atoms with E-state index in [0.717, 1.165) is 16.2 Å². The monoisotopic (exact) mass is 388 g/mol. The molecular formula is C18H20N4O2S2. The Morgan fingerprint density at radius 1 is 1.31 bits per heavy atom. The Morgan fingerprint density at radius 2 is 2.12 bits per heavy atom. The Hall–Kier alpha value is -2.32. The van der Waals surface area contributed by atoms with Crippen LogP contribution in [-0.4, -0.2) is 33.0 Å². The van der Waals surface area contributed by atoms with Crippen LogP contribution in [0.4, 0.5) is 0 Å². The number of hydrogen-bond donors (Lipinski definition) is 1. The number of nitrogens with one attached hydrogen (secondary N) is 1. The van der Waals surface area contributed by atoms with Gasteiger partial charge < -0.3 is 14.6 Å². The minimum absolute atomic E-state index is 0.0229. The van der Waals surface area contributed by atoms with Crippen LogP contribution < -0.4 is 10.1 Å². The molecule has 0 fully saturated rings. The van der Waals surface area contributed by atoms with Crippen LogP contribution in [0, 0.1) is 0 Å². The van der Waals surface area contributed by atoms with Crippen LogP contribution in [0.5, 0.6) is 5.75 Å². The van der Waals surface area contributed by atoms with Gasteiger partial charge in [0.05, 0.1) is 24.5 Å². The quantitative estimate of drug-likeness (QED) is 0.629. The van der Waals surface area contributed by atoms with Crippen LogP contribution in [-0.2, 0) is 18.4 Å². The van der Waals surface area contributed by atoms with Crippen LogP contribution in [0.2, 0.25) is 0 Å². The molecule has 0 saturated heterocycles. The van der Waals surface area contributed by atoms with Crippen molar-refractivity contribution < 1.29 is 9.53 Å². The van der Waals surface area contributed by atoms with Gasteiger partial charge in [0.2, 0.25) is 5.91 Å². The Balaban J connectivity index is 1.68. The third-order valence-electron chi connectivity index (χ3n) is 3.85. The van der Waals surface area contributed by atoms with E-state index in [1.165, 1.54) is 11.8 Å². The van der Waals surface area contributed by atoms with Crippen molar-refractivity contribution in [3.05, 3.63) is 46.7 Å². The fourth-order valence-electron chi connectivity index (χ4n) is 2.42. The van der Waals surface area contributed by atoms with Gasteiger partial charge in [-0.15, -0.1) is 21.5 Å². The molecular weight excluding hydrogens is 368 g/mol. The summed E-state index contributed by atoms with van der Waals surface area (Å²) in [6.07, 6.45) is 0. The van der Waals surface area contributed by atoms with Crippen molar-refractivity contribution in [2.45, 2.75) is 23.9 Å². The molecule has 0 aliphatic carbocycles. The fourth-order valence-corrected chi connectivity index (χ4v) is 3.91. The first-order valence-electron chi connectivity index (χ1n) is 8.09. The smallest absolute Gasteiger partial charge is 0.233 e. The van der Waals surface area contributed by atoms with Crippen LogP contribution in [0.1, 0.15) is 11.8 Å². The highest BCUT2D eigenvalue weighted by molar-refractivity contribution is 8.00. The van der Waals surface area contributed by atoms with Crippen molar-refractivity contribution in [2.75, 3.05) is 7.11 Å². The topological polar surface area (TPSA) is 69.0 Å². The van der Waals surface area contributed by atoms with Gasteiger partial charge >= 0.3 is 0 Å². The van der Waals surface area contributed by atoms with Crippen molar-refractivity contribution in [1.82, 2.24) is 20.1 Å². The van der Waals surface area contributed by atoms with Crippen molar-refractivity contribution in [3.8, 4) is 17.1 Å². The van der Waals surface area contributed by atoms with E-state index in [1.54, 1.807) is 18.4 Å². The van der Waals surface area contributed by atoms with E-state index in [2.05, 4.69) is 15.5 Å². The summed E-state index contributed by atoms with van der Waals surface area (Å²) in [5, 5.41) is 13.9. The van der Waals surface area contributed by atoms with E-state index < -0.39 is 0 Å². The zero-order valence-corrected chi connectivity index (χ0v) is 16.4. The Bertz CT molecular complexity index is 877. The maximum absolute atomic E-state index is 12.3. The number of carbonyl (C=O) groups excluding carboxylic acids is 1. The number of nitrogens with zero attached hydrogens (tertiary/aromatic N) is 3. The number of carbonyl (C=O) groups is 1. The lowest BCUT2D eigenvalue weighted by atomic mass is 10.2. The predicted octanol–water partition coefficient (Wildman–Crippen LogP) is 3.35. The van der Waals surface area contributed by atoms with Gasteiger partial charge in [0.25, 0.3) is 0 Å². The maximum atomic E-state index is 12.3. The molecule has 0 spiro atoms. The maximum Gasteiger partial charge on any atom is 0.233 e. The van der Waals surface area contributed by atoms with E-state index >= 15 is 0 Å². The summed E-state index contributed by atoms with van der Waals surface area (Å²) >= 11 is 3.01. The fraction of sp³-hybridized carbons (Fsp3) is 0.278. The zero-order chi connectivity index (χ0) is 18.5. The number of aromatic nitrogens is 3. The normalized spacial score (nSPS) is 12.0. The first-order valence-corrected chi connectivity index (χ1v) is 9.85. The van der Waals surface area contributed by atoms with Crippen LogP contribution in [0.25, 0.3) is 11.4 Å². The lowest BCUT2D eigenvalue weighted by Gasteiger charge is -2.11. The van der Waals surface area contributed by atoms with Crippen LogP contribution in [0.3, 0.4) is 0 Å². The Morgan fingerprint density at radius 3 is 2.85 bits per heavy atom. The molecule has 1 aromatic carbocycles. The van der Waals surface area contributed by atoms with Crippen molar-refractivity contribution in [1.29, 1.82) is 0 Å². The molecule has 0 aliphatic rings. The van der Waals surface area contributed by atoms with Crippen LogP contribution >= 0.6 is 23.1 Å². The molecule has 2 heterocycles. The molecule has 136 valence electrons. The second kappa shape index (κ2) is 8.37. The molecule has 8 heteroatoms. The third kappa shape index (κ3) is 4.08. The summed E-state index contributed by atoms with van der Waals surface area (Å²) in [7, 11) is 3.52. The Labute approximate surface area is 160 Å². The van der Waals surface area contributed by atoms with Gasteiger partial charge in [-0.2, -0.15) is 0 Å². The van der Waals surface area contributed by atoms with Crippen molar-refractivity contribution >= 4 is 29.0 Å². The molecule has 1 amide bonds. The van der Waals surface area contributed by atoms with Crippen molar-refractivity contribution in [2.24, 2.45) is 7.05 Å². The standard InChI is InChI=1S/C18H20N4O2S2/c1-12(17(23)19-11-13-7-6-10-25-13)26-18-21-20-16(22(18)2)14-8-4-5-9-15(14)24-3/h4-10,12H,11H2,1-3H3,(H,19,23)/t12-/m1/s1. The highest BCUT2D eigenvalue weighted by Crippen LogP contribution is 2.31. The number of methoxy groups -OCH3 is 1. The second-order valence-electron chi connectivity index (χ2n) is 5.62. The lowest BCUT2D eigenvalue weighted by molar-refractivity contribution is -0.120. The number of hydrogen-bond acceptors (Lipinski definition) is 6. The van der Waals surface area contributed by atoms with E-state index in [0.29, 0.717) is 17.5 Å². The van der Waals surface area contributed by atoms with Gasteiger partial charge in [-0.05, 0) is 30.5 Å². The number of rotatable bonds is 7. The SMILES string of the molecule is COc1ccccc1-c1nnc(S[C@H](C)C(=O)NCc2cccs2)n1C. The molecule has 0 saturated carbocycles. The first-order chi connectivity index (χ1) is 12.6. The minimum Gasteiger partial charge on any atom is -0.496 e. The van der Waals surface area contributed by atoms with Gasteiger partial charge in [-0.25, -0.2) is 0 Å². The predicted molar refractivity (Wildman–Crippen MR) is 104 cm³/mol. The van der Waals surface area contributed by atoms with Gasteiger partial charge in [0.1, 0.15) is 5.75 Å². The molecule has 3 aromatic rings. The average molecular weight is 389 g/mol. The van der Waals surface area contributed by atoms with Gasteiger partial charge in [-0.3, -0.25) is 4.79 Å². The largest absolute Gasteiger partial charge is 0.496 e. The molecule has 0 bridgehead atoms. The van der Waals surface area contributed by atoms with E-state index in [9.17, 15) is 4.79 Å². The third-order valence-corrected chi connectivity index (χ3v) is 5.86. The van der Waals surface area contributed by atoms with Crippen LogP contribution in [0.15, 0.2) is 46.9 Å². The number of benzene rings is 1. The van der Waals surface area contributed by atoms with E-state index in [-0.39, 0.29) is 11.2 Å². The number of thioether (sulfide) groups is 1. The Kier molecular flexibility index (Phi) is 5.95. The van der Waals surface area contributed by atoms with Gasteiger partial charge in [0, 0.05) is 11.9 Å². The number of para-hydroxylation sites is 1. The van der Waals surface area contributed by atoms with E-state index in [4.69, 9.17) is 4.74 Å². The lowest BCUT2D eigenvalue weighted by Crippen LogP contribution is -2.30. The average Bonchev–Trinajstić information content (AvgIpc) is 3.30. The molecule has 26 heavy (non-hydrogen) atoms. The second-order valence-corrected chi connectivity index (χ2v) is 7.96. The highest BCUT2D eigenvalue weighted by atomic mass is 32.2. The summed E-state index contributed by atoms with van der Waals surface area (Å²) in [5.41, 5.74) is 0.867. The minimum atomic E-state index is -0.275. The van der Waals surface area contributed by atoms with Crippen molar-refractivity contribution in [3.63, 3.8) is 0 Å². The molecule has 1 N–H and O–H groups in total. The first kappa shape index (κ1) is 18.5. The highest BCUT2D eigenvalue weighted by Gasteiger charge is 2.20. The number of ether oxygens (including phenoxy) is 1. The summed E-state index contributed by atoms with van der Waals surface area (Å²) in [6.45, 7) is 2.42. The molecule has 0 unspecified atom stereocenters. The summed E-state index contributed by atoms with van der Waals surface area (Å²) in [6, 6.07) is 11.6.